The van der Waals surface area contributed by atoms with Gasteiger partial charge in [-0.25, -0.2) is 4.79 Å². The zero-order chi connectivity index (χ0) is 14.8. The first kappa shape index (κ1) is 16.5. The van der Waals surface area contributed by atoms with Gasteiger partial charge in [-0.1, -0.05) is 19.9 Å². The Kier molecular flexibility index (Phi) is 5.47. The fraction of sp³-hybridized carbons (Fsp3) is 0.786. The van der Waals surface area contributed by atoms with Crippen LogP contribution < -0.4 is 0 Å². The lowest BCUT2D eigenvalue weighted by molar-refractivity contribution is -0.139. The van der Waals surface area contributed by atoms with Crippen LogP contribution in [0.3, 0.4) is 0 Å². The summed E-state index contributed by atoms with van der Waals surface area (Å²) in [6, 6.07) is -0.126. The summed E-state index contributed by atoms with van der Waals surface area (Å²) in [6.07, 6.45) is 1.85. The average Bonchev–Trinajstić information content (AvgIpc) is 2.71. The van der Waals surface area contributed by atoms with Gasteiger partial charge in [0.2, 0.25) is 0 Å². The number of carbonyl (C=O) groups is 1. The Bertz CT molecular complexity index is 360. The van der Waals surface area contributed by atoms with Crippen LogP contribution in [0, 0.1) is 5.92 Å². The summed E-state index contributed by atoms with van der Waals surface area (Å²) in [5.74, 6) is -0.0703. The molecule has 0 aromatic rings. The predicted molar refractivity (Wildman–Crippen MR) is 77.9 cm³/mol. The van der Waals surface area contributed by atoms with Gasteiger partial charge >= 0.3 is 5.97 Å². The van der Waals surface area contributed by atoms with Crippen LogP contribution >= 0.6 is 0 Å². The van der Waals surface area contributed by atoms with E-state index in [1.54, 1.807) is 6.92 Å². The van der Waals surface area contributed by atoms with Gasteiger partial charge in [0.05, 0.1) is 24.8 Å². The van der Waals surface area contributed by atoms with E-state index < -0.39 is 11.4 Å². The summed E-state index contributed by atoms with van der Waals surface area (Å²) < 4.78 is 19.2. The highest BCUT2D eigenvalue weighted by Crippen LogP contribution is 2.33. The summed E-state index contributed by atoms with van der Waals surface area (Å²) in [4.78, 5) is 12.0. The molecule has 0 spiro atoms. The van der Waals surface area contributed by atoms with Gasteiger partial charge in [0.25, 0.3) is 0 Å². The molecule has 0 radical (unpaired) electrons. The van der Waals surface area contributed by atoms with E-state index in [1.165, 1.54) is 0 Å². The van der Waals surface area contributed by atoms with Crippen LogP contribution in [0.1, 0.15) is 41.5 Å². The lowest BCUT2D eigenvalue weighted by Crippen LogP contribution is -2.48. The number of rotatable bonds is 4. The minimum atomic E-state index is -1.13. The van der Waals surface area contributed by atoms with Gasteiger partial charge in [-0.2, -0.15) is 0 Å². The fourth-order valence-electron chi connectivity index (χ4n) is 2.21. The largest absolute Gasteiger partial charge is 0.597 e. The monoisotopic (exact) mass is 287 g/mol. The topological polar surface area (TPSA) is 52.6 Å². The molecular weight excluding hydrogens is 262 g/mol. The van der Waals surface area contributed by atoms with Crippen molar-refractivity contribution in [3.8, 4) is 0 Å². The third-order valence-corrected chi connectivity index (χ3v) is 4.85. The van der Waals surface area contributed by atoms with E-state index in [0.717, 1.165) is 0 Å². The molecule has 0 amide bonds. The third kappa shape index (κ3) is 3.74. The van der Waals surface area contributed by atoms with Crippen LogP contribution in [0.15, 0.2) is 11.6 Å². The first-order valence-electron chi connectivity index (χ1n) is 6.76. The van der Waals surface area contributed by atoms with E-state index in [-0.39, 0.29) is 22.7 Å². The van der Waals surface area contributed by atoms with E-state index in [0.29, 0.717) is 18.7 Å². The highest BCUT2D eigenvalue weighted by Gasteiger charge is 2.44. The maximum Gasteiger partial charge on any atom is 0.335 e. The normalized spacial score (nSPS) is 22.5. The smallest absolute Gasteiger partial charge is 0.335 e. The van der Waals surface area contributed by atoms with Crippen LogP contribution in [-0.4, -0.2) is 38.8 Å². The third-order valence-electron chi connectivity index (χ3n) is 3.00. The van der Waals surface area contributed by atoms with E-state index in [2.05, 4.69) is 0 Å². The molecule has 0 aromatic heterocycles. The van der Waals surface area contributed by atoms with Gasteiger partial charge in [-0.15, -0.1) is 4.31 Å². The zero-order valence-electron chi connectivity index (χ0n) is 12.7. The predicted octanol–water partition coefficient (Wildman–Crippen LogP) is 2.28. The van der Waals surface area contributed by atoms with Crippen LogP contribution in [-0.2, 0) is 20.9 Å². The van der Waals surface area contributed by atoms with Gasteiger partial charge in [0.15, 0.2) is 0 Å². The van der Waals surface area contributed by atoms with Gasteiger partial charge in [-0.3, -0.25) is 0 Å². The SMILES string of the molecule is CCOC(=O)C1=CCN([S+]([O-])C(C)(C)C)[C@H]1C(C)C. The van der Waals surface area contributed by atoms with Crippen LogP contribution in [0.4, 0.5) is 0 Å². The Hall–Kier alpha value is -0.520. The molecule has 0 N–H and O–H groups in total. The number of esters is 1. The summed E-state index contributed by atoms with van der Waals surface area (Å²) in [7, 11) is 0. The second-order valence-electron chi connectivity index (χ2n) is 6.03. The first-order chi connectivity index (χ1) is 8.70. The highest BCUT2D eigenvalue weighted by molar-refractivity contribution is 7.90. The molecule has 0 saturated heterocycles. The van der Waals surface area contributed by atoms with Crippen molar-refractivity contribution < 1.29 is 14.1 Å². The maximum atomic E-state index is 12.6. The van der Waals surface area contributed by atoms with Crippen LogP contribution in [0.2, 0.25) is 0 Å². The minimum absolute atomic E-state index is 0.126. The van der Waals surface area contributed by atoms with Gasteiger partial charge in [0, 0.05) is 11.4 Å². The molecule has 19 heavy (non-hydrogen) atoms. The van der Waals surface area contributed by atoms with E-state index in [1.807, 2.05) is 45.0 Å². The first-order valence-corrected chi connectivity index (χ1v) is 7.86. The molecule has 0 fully saturated rings. The summed E-state index contributed by atoms with van der Waals surface area (Å²) in [5.41, 5.74) is 0.648. The molecule has 1 aliphatic heterocycles. The van der Waals surface area contributed by atoms with Gasteiger partial charge < -0.3 is 9.29 Å². The molecule has 0 bridgehead atoms. The molecule has 0 aliphatic carbocycles. The molecule has 0 aromatic carbocycles. The maximum absolute atomic E-state index is 12.6. The van der Waals surface area contributed by atoms with Crippen LogP contribution in [0.25, 0.3) is 0 Å². The fourth-order valence-corrected chi connectivity index (χ4v) is 3.69. The lowest BCUT2D eigenvalue weighted by Gasteiger charge is -2.35. The molecule has 1 aliphatic rings. The standard InChI is InChI=1S/C14H25NO3S/c1-7-18-13(16)11-8-9-15(12(11)10(2)3)19(17)14(4,5)6/h8,10,12H,7,9H2,1-6H3/t12-,19?/m0/s1. The molecule has 0 saturated carbocycles. The molecular formula is C14H25NO3S. The van der Waals surface area contributed by atoms with Crippen molar-refractivity contribution >= 4 is 17.3 Å². The van der Waals surface area contributed by atoms with Crippen molar-refractivity contribution in [2.75, 3.05) is 13.2 Å². The highest BCUT2D eigenvalue weighted by atomic mass is 32.2. The van der Waals surface area contributed by atoms with E-state index in [4.69, 9.17) is 4.74 Å². The average molecular weight is 287 g/mol. The number of carbonyl (C=O) groups excluding carboxylic acids is 1. The van der Waals surface area contributed by atoms with Crippen molar-refractivity contribution in [1.29, 1.82) is 0 Å². The number of nitrogens with zero attached hydrogens (tertiary/aromatic N) is 1. The van der Waals surface area contributed by atoms with Crippen molar-refractivity contribution in [1.82, 2.24) is 4.31 Å². The van der Waals surface area contributed by atoms with E-state index >= 15 is 0 Å². The summed E-state index contributed by atoms with van der Waals surface area (Å²) >= 11 is -1.13. The molecule has 5 heteroatoms. The molecule has 2 atom stereocenters. The molecule has 1 unspecified atom stereocenters. The minimum Gasteiger partial charge on any atom is -0.597 e. The zero-order valence-corrected chi connectivity index (χ0v) is 13.5. The lowest BCUT2D eigenvalue weighted by atomic mass is 9.98. The van der Waals surface area contributed by atoms with Gasteiger partial charge in [-0.05, 0) is 33.6 Å². The molecule has 110 valence electrons. The van der Waals surface area contributed by atoms with Crippen molar-refractivity contribution in [2.45, 2.75) is 52.3 Å². The molecule has 1 rings (SSSR count). The molecule has 4 nitrogen and oxygen atoms in total. The Balaban J connectivity index is 2.93. The summed E-state index contributed by atoms with van der Waals surface area (Å²) in [5, 5.41) is 0. The van der Waals surface area contributed by atoms with Gasteiger partial charge in [0.1, 0.15) is 4.75 Å². The Labute approximate surface area is 119 Å². The second kappa shape index (κ2) is 6.29. The van der Waals surface area contributed by atoms with Crippen molar-refractivity contribution in [2.24, 2.45) is 5.92 Å². The van der Waals surface area contributed by atoms with Crippen LogP contribution in [0.5, 0.6) is 0 Å². The quantitative estimate of drug-likeness (QED) is 0.588. The number of hydrogen-bond donors (Lipinski definition) is 0. The number of ether oxygens (including phenoxy) is 1. The Morgan fingerprint density at radius 3 is 2.58 bits per heavy atom. The second-order valence-corrected chi connectivity index (χ2v) is 8.22. The number of hydrogen-bond acceptors (Lipinski definition) is 4. The Morgan fingerprint density at radius 1 is 1.58 bits per heavy atom. The van der Waals surface area contributed by atoms with Crippen molar-refractivity contribution in [3.05, 3.63) is 11.6 Å². The molecule has 1 heterocycles. The Morgan fingerprint density at radius 2 is 2.16 bits per heavy atom. The van der Waals surface area contributed by atoms with Crippen molar-refractivity contribution in [3.63, 3.8) is 0 Å². The summed E-state index contributed by atoms with van der Waals surface area (Å²) in [6.45, 7) is 12.6. The van der Waals surface area contributed by atoms with E-state index in [9.17, 15) is 9.35 Å².